The van der Waals surface area contributed by atoms with Crippen LogP contribution in [0.25, 0.3) is 16.9 Å². The molecule has 1 saturated carbocycles. The van der Waals surface area contributed by atoms with Crippen molar-refractivity contribution in [1.82, 2.24) is 9.78 Å². The first-order chi connectivity index (χ1) is 11.9. The first-order valence-corrected chi connectivity index (χ1v) is 8.12. The van der Waals surface area contributed by atoms with E-state index in [0.29, 0.717) is 12.0 Å². The summed E-state index contributed by atoms with van der Waals surface area (Å²) in [5.41, 5.74) is -0.188. The highest BCUT2D eigenvalue weighted by Gasteiger charge is 2.30. The lowest BCUT2D eigenvalue weighted by molar-refractivity contribution is -0.123. The molecule has 1 aliphatic carbocycles. The Morgan fingerprint density at radius 2 is 1.72 bits per heavy atom. The Kier molecular flexibility index (Phi) is 4.55. The van der Waals surface area contributed by atoms with Crippen LogP contribution in [0.2, 0.25) is 5.02 Å². The van der Waals surface area contributed by atoms with Crippen molar-refractivity contribution in [2.45, 2.75) is 19.3 Å². The van der Waals surface area contributed by atoms with E-state index in [0.717, 1.165) is 4.68 Å². The smallest absolute Gasteiger partial charge is 0.275 e. The molecule has 6 nitrogen and oxygen atoms in total. The molecule has 1 N–H and O–H groups in total. The molecule has 1 aromatic heterocycles. The summed E-state index contributed by atoms with van der Waals surface area (Å²) in [6.45, 7) is 0. The van der Waals surface area contributed by atoms with Crippen molar-refractivity contribution < 1.29 is 14.7 Å². The molecule has 0 saturated heterocycles. The number of hydrogen-bond acceptors (Lipinski definition) is 5. The number of benzene rings is 1. The van der Waals surface area contributed by atoms with Crippen molar-refractivity contribution in [3.05, 3.63) is 57.0 Å². The molecule has 7 heteroatoms. The first kappa shape index (κ1) is 17.1. The van der Waals surface area contributed by atoms with E-state index in [2.05, 4.69) is 5.10 Å². The number of nitrogens with zero attached hydrogens (tertiary/aromatic N) is 2. The molecule has 0 aliphatic heterocycles. The van der Waals surface area contributed by atoms with Crippen molar-refractivity contribution in [3.63, 3.8) is 0 Å². The average Bonchev–Trinajstić information content (AvgIpc) is 2.59. The highest BCUT2D eigenvalue weighted by Crippen LogP contribution is 2.32. The van der Waals surface area contributed by atoms with Crippen LogP contribution < -0.4 is 5.56 Å². The minimum Gasteiger partial charge on any atom is -0.505 e. The van der Waals surface area contributed by atoms with Crippen molar-refractivity contribution in [2.75, 3.05) is 0 Å². The number of rotatable bonds is 2. The monoisotopic (exact) mass is 358 g/mol. The molecule has 0 amide bonds. The van der Waals surface area contributed by atoms with Gasteiger partial charge in [-0.1, -0.05) is 41.9 Å². The molecule has 1 aromatic carbocycles. The van der Waals surface area contributed by atoms with Crippen molar-refractivity contribution in [3.8, 4) is 11.1 Å². The molecule has 0 spiro atoms. The van der Waals surface area contributed by atoms with Gasteiger partial charge < -0.3 is 5.11 Å². The number of halogens is 1. The fourth-order valence-electron chi connectivity index (χ4n) is 2.82. The van der Waals surface area contributed by atoms with Crippen molar-refractivity contribution in [1.29, 1.82) is 0 Å². The lowest BCUT2D eigenvalue weighted by Gasteiger charge is -2.15. The third kappa shape index (κ3) is 3.00. The van der Waals surface area contributed by atoms with Crippen molar-refractivity contribution >= 4 is 28.9 Å². The van der Waals surface area contributed by atoms with Gasteiger partial charge in [0, 0.05) is 19.9 Å². The van der Waals surface area contributed by atoms with Gasteiger partial charge in [-0.2, -0.15) is 5.10 Å². The summed E-state index contributed by atoms with van der Waals surface area (Å²) in [5.74, 6) is -1.46. The Labute approximate surface area is 148 Å². The van der Waals surface area contributed by atoms with Gasteiger partial charge in [0.2, 0.25) is 0 Å². The predicted molar refractivity (Wildman–Crippen MR) is 93.3 cm³/mol. The van der Waals surface area contributed by atoms with E-state index in [1.54, 1.807) is 30.3 Å². The fourth-order valence-corrected chi connectivity index (χ4v) is 3.13. The van der Waals surface area contributed by atoms with Crippen LogP contribution in [0.4, 0.5) is 0 Å². The number of aryl methyl sites for hydroxylation is 1. The number of carbonyl (C=O) groups excluding carboxylic acids is 2. The van der Waals surface area contributed by atoms with Crippen LogP contribution in [-0.2, 0) is 16.6 Å². The lowest BCUT2D eigenvalue weighted by Crippen LogP contribution is -2.25. The Hall–Kier alpha value is -2.73. The van der Waals surface area contributed by atoms with Gasteiger partial charge >= 0.3 is 0 Å². The Morgan fingerprint density at radius 1 is 1.12 bits per heavy atom. The van der Waals surface area contributed by atoms with Crippen LogP contribution >= 0.6 is 11.6 Å². The number of allylic oxidation sites excluding steroid dienone is 1. The summed E-state index contributed by atoms with van der Waals surface area (Å²) >= 11 is 6.34. The molecule has 2 aromatic rings. The molecule has 128 valence electrons. The second-order valence-corrected chi connectivity index (χ2v) is 6.13. The standard InChI is InChI=1S/C18H15ClN2O4/c1-21-18(25)13(10-6-3-2-4-7-10)15(19)16(20-21)17(24)14-11(22)8-5-9-12(14)23/h2-4,6-7,24H,5,8-9H2,1H3. The van der Waals surface area contributed by atoms with Gasteiger partial charge in [0.15, 0.2) is 17.3 Å². The maximum Gasteiger partial charge on any atom is 0.275 e. The van der Waals surface area contributed by atoms with Crippen LogP contribution in [0.1, 0.15) is 25.0 Å². The molecule has 0 unspecified atom stereocenters. The number of aliphatic hydroxyl groups excluding tert-OH is 1. The topological polar surface area (TPSA) is 89.3 Å². The van der Waals surface area contributed by atoms with E-state index in [-0.39, 0.29) is 34.7 Å². The average molecular weight is 359 g/mol. The zero-order valence-electron chi connectivity index (χ0n) is 13.5. The third-order valence-electron chi connectivity index (χ3n) is 4.07. The van der Waals surface area contributed by atoms with E-state index in [1.165, 1.54) is 7.05 Å². The third-order valence-corrected chi connectivity index (χ3v) is 4.44. The molecule has 0 atom stereocenters. The maximum absolute atomic E-state index is 12.5. The largest absolute Gasteiger partial charge is 0.505 e. The van der Waals surface area contributed by atoms with Gasteiger partial charge in [-0.25, -0.2) is 4.68 Å². The fraction of sp³-hybridized carbons (Fsp3) is 0.222. The molecule has 0 bridgehead atoms. The normalized spacial score (nSPS) is 14.7. The van der Waals surface area contributed by atoms with E-state index in [1.807, 2.05) is 0 Å². The summed E-state index contributed by atoms with van der Waals surface area (Å²) in [6.07, 6.45) is 0.818. The number of aromatic nitrogens is 2. The summed E-state index contributed by atoms with van der Waals surface area (Å²) in [7, 11) is 1.41. The quantitative estimate of drug-likeness (QED) is 0.506. The lowest BCUT2D eigenvalue weighted by atomic mass is 9.90. The number of carbonyl (C=O) groups is 2. The van der Waals surface area contributed by atoms with Gasteiger partial charge in [-0.15, -0.1) is 0 Å². The van der Waals surface area contributed by atoms with E-state index in [4.69, 9.17) is 11.6 Å². The van der Waals surface area contributed by atoms with Crippen LogP contribution in [0, 0.1) is 0 Å². The molecular formula is C18H15ClN2O4. The van der Waals surface area contributed by atoms with Gasteiger partial charge in [-0.3, -0.25) is 14.4 Å². The van der Waals surface area contributed by atoms with Crippen molar-refractivity contribution in [2.24, 2.45) is 7.05 Å². The number of hydrogen-bond donors (Lipinski definition) is 1. The van der Waals surface area contributed by atoms with Gasteiger partial charge in [0.1, 0.15) is 11.3 Å². The van der Waals surface area contributed by atoms with Crippen LogP contribution in [0.3, 0.4) is 0 Å². The van der Waals surface area contributed by atoms with E-state index < -0.39 is 22.9 Å². The number of ketones is 2. The zero-order chi connectivity index (χ0) is 18.1. The number of aliphatic hydroxyl groups is 1. The highest BCUT2D eigenvalue weighted by molar-refractivity contribution is 6.35. The maximum atomic E-state index is 12.5. The Morgan fingerprint density at radius 3 is 2.32 bits per heavy atom. The van der Waals surface area contributed by atoms with Gasteiger partial charge in [0.05, 0.1) is 10.6 Å². The molecule has 1 fully saturated rings. The van der Waals surface area contributed by atoms with Crippen LogP contribution in [0.5, 0.6) is 0 Å². The molecule has 0 radical (unpaired) electrons. The number of Topliss-reactive ketones (excluding diaryl/α,β-unsaturated/α-hetero) is 2. The van der Waals surface area contributed by atoms with Crippen LogP contribution in [-0.4, -0.2) is 26.5 Å². The summed E-state index contributed by atoms with van der Waals surface area (Å²) in [6, 6.07) is 8.69. The van der Waals surface area contributed by atoms with Gasteiger partial charge in [0.25, 0.3) is 5.56 Å². The Bertz CT molecular complexity index is 943. The Balaban J connectivity index is 2.28. The molecule has 1 heterocycles. The van der Waals surface area contributed by atoms with E-state index >= 15 is 0 Å². The van der Waals surface area contributed by atoms with E-state index in [9.17, 15) is 19.5 Å². The zero-order valence-corrected chi connectivity index (χ0v) is 14.2. The highest BCUT2D eigenvalue weighted by atomic mass is 35.5. The second kappa shape index (κ2) is 6.64. The molecular weight excluding hydrogens is 344 g/mol. The molecule has 3 rings (SSSR count). The summed E-state index contributed by atoms with van der Waals surface area (Å²) < 4.78 is 1.03. The molecule has 1 aliphatic rings. The second-order valence-electron chi connectivity index (χ2n) is 5.76. The first-order valence-electron chi connectivity index (χ1n) is 7.74. The SMILES string of the molecule is Cn1nc(C(O)=C2C(=O)CCCC2=O)c(Cl)c(-c2ccccc2)c1=O. The predicted octanol–water partition coefficient (Wildman–Crippen LogP) is 2.69. The van der Waals surface area contributed by atoms with Crippen LogP contribution in [0.15, 0.2) is 40.7 Å². The summed E-state index contributed by atoms with van der Waals surface area (Å²) in [4.78, 5) is 36.6. The van der Waals surface area contributed by atoms with Gasteiger partial charge in [-0.05, 0) is 12.0 Å². The minimum absolute atomic E-state index is 0.0922. The summed E-state index contributed by atoms with van der Waals surface area (Å²) in [5, 5.41) is 14.4. The molecule has 25 heavy (non-hydrogen) atoms. The minimum atomic E-state index is -0.576.